The number of hydrogen-bond acceptors (Lipinski definition) is 2. The monoisotopic (exact) mass is 343 g/mol. The van der Waals surface area contributed by atoms with Gasteiger partial charge in [-0.25, -0.2) is 0 Å². The first-order valence-electron chi connectivity index (χ1n) is 8.71. The summed E-state index contributed by atoms with van der Waals surface area (Å²) < 4.78 is 3.47. The molecule has 5 nitrogen and oxygen atoms in total. The van der Waals surface area contributed by atoms with Crippen LogP contribution in [0.25, 0.3) is 16.6 Å². The average molecular weight is 343 g/mol. The number of carbonyl (C=O) groups excluding carboxylic acids is 1. The summed E-state index contributed by atoms with van der Waals surface area (Å²) in [4.78, 5) is 27.8. The van der Waals surface area contributed by atoms with E-state index < -0.39 is 0 Å². The van der Waals surface area contributed by atoms with Crippen LogP contribution in [0.4, 0.5) is 5.69 Å². The Labute approximate surface area is 149 Å². The summed E-state index contributed by atoms with van der Waals surface area (Å²) in [6.45, 7) is 0.702. The van der Waals surface area contributed by atoms with Gasteiger partial charge in [-0.1, -0.05) is 30.3 Å². The maximum absolute atomic E-state index is 13.0. The average Bonchev–Trinajstić information content (AvgIpc) is 3.32. The Kier molecular flexibility index (Phi) is 3.22. The predicted octanol–water partition coefficient (Wildman–Crippen LogP) is 2.84. The van der Waals surface area contributed by atoms with Crippen molar-refractivity contribution in [2.24, 2.45) is 0 Å². The smallest absolute Gasteiger partial charge is 0.275 e. The molecule has 0 atom stereocenters. The number of anilines is 1. The van der Waals surface area contributed by atoms with Gasteiger partial charge in [0, 0.05) is 18.4 Å². The molecule has 0 spiro atoms. The van der Waals surface area contributed by atoms with Gasteiger partial charge in [-0.15, -0.1) is 0 Å². The Bertz CT molecular complexity index is 1220. The van der Waals surface area contributed by atoms with E-state index in [-0.39, 0.29) is 18.0 Å². The maximum Gasteiger partial charge on any atom is 0.275 e. The van der Waals surface area contributed by atoms with Crippen LogP contribution in [-0.2, 0) is 17.8 Å². The van der Waals surface area contributed by atoms with Crippen molar-refractivity contribution >= 4 is 28.1 Å². The number of amides is 1. The molecule has 1 amide bonds. The van der Waals surface area contributed by atoms with Crippen molar-refractivity contribution < 1.29 is 4.79 Å². The standard InChI is InChI=1S/C21H17N3O2/c25-20(23-13-11-15-6-1-2-7-16(15)23)14-24-18-9-4-3-8-17(18)22-12-5-10-19(22)21(24)26/h1-10,12H,11,13-14H2. The fourth-order valence-corrected chi connectivity index (χ4v) is 3.88. The van der Waals surface area contributed by atoms with Gasteiger partial charge in [-0.3, -0.25) is 14.2 Å². The Morgan fingerprint density at radius 3 is 2.50 bits per heavy atom. The molecule has 0 saturated heterocycles. The van der Waals surface area contributed by atoms with Gasteiger partial charge in [0.05, 0.1) is 11.0 Å². The van der Waals surface area contributed by atoms with Crippen LogP contribution >= 0.6 is 0 Å². The quantitative estimate of drug-likeness (QED) is 0.562. The van der Waals surface area contributed by atoms with Crippen molar-refractivity contribution in [1.29, 1.82) is 0 Å². The van der Waals surface area contributed by atoms with Gasteiger partial charge in [-0.2, -0.15) is 0 Å². The van der Waals surface area contributed by atoms with Crippen molar-refractivity contribution in [3.63, 3.8) is 0 Å². The molecule has 0 aliphatic carbocycles. The Morgan fingerprint density at radius 1 is 0.885 bits per heavy atom. The van der Waals surface area contributed by atoms with Crippen molar-refractivity contribution in [3.05, 3.63) is 82.8 Å². The second kappa shape index (κ2) is 5.59. The maximum atomic E-state index is 13.0. The normalized spacial score (nSPS) is 13.5. The molecule has 26 heavy (non-hydrogen) atoms. The fraction of sp³-hybridized carbons (Fsp3) is 0.143. The van der Waals surface area contributed by atoms with Gasteiger partial charge in [0.1, 0.15) is 12.1 Å². The van der Waals surface area contributed by atoms with E-state index in [4.69, 9.17) is 0 Å². The van der Waals surface area contributed by atoms with Crippen LogP contribution in [0.1, 0.15) is 5.56 Å². The third kappa shape index (κ3) is 2.10. The van der Waals surface area contributed by atoms with Crippen LogP contribution in [0, 0.1) is 0 Å². The molecule has 0 bridgehead atoms. The van der Waals surface area contributed by atoms with Crippen LogP contribution in [-0.4, -0.2) is 21.4 Å². The molecule has 5 rings (SSSR count). The minimum Gasteiger partial charge on any atom is -0.310 e. The number of hydrogen-bond donors (Lipinski definition) is 0. The van der Waals surface area contributed by atoms with Crippen LogP contribution in [0.3, 0.4) is 0 Å². The molecule has 1 aliphatic rings. The predicted molar refractivity (Wildman–Crippen MR) is 102 cm³/mol. The molecule has 0 saturated carbocycles. The zero-order chi connectivity index (χ0) is 17.7. The number of para-hydroxylation sites is 3. The van der Waals surface area contributed by atoms with E-state index >= 15 is 0 Å². The molecule has 0 unspecified atom stereocenters. The molecule has 0 radical (unpaired) electrons. The van der Waals surface area contributed by atoms with Crippen molar-refractivity contribution in [3.8, 4) is 0 Å². The van der Waals surface area contributed by atoms with E-state index in [0.29, 0.717) is 12.1 Å². The van der Waals surface area contributed by atoms with E-state index in [1.807, 2.05) is 59.1 Å². The molecule has 2 aromatic carbocycles. The van der Waals surface area contributed by atoms with Gasteiger partial charge >= 0.3 is 0 Å². The molecular weight excluding hydrogens is 326 g/mol. The summed E-state index contributed by atoms with van der Waals surface area (Å²) in [6, 6.07) is 19.3. The highest BCUT2D eigenvalue weighted by Crippen LogP contribution is 2.27. The van der Waals surface area contributed by atoms with Crippen molar-refractivity contribution in [2.45, 2.75) is 13.0 Å². The molecule has 2 aromatic heterocycles. The third-order valence-electron chi connectivity index (χ3n) is 5.13. The van der Waals surface area contributed by atoms with E-state index in [0.717, 1.165) is 23.1 Å². The molecular formula is C21H17N3O2. The van der Waals surface area contributed by atoms with Gasteiger partial charge in [0.15, 0.2) is 0 Å². The Balaban J connectivity index is 1.62. The number of benzene rings is 2. The Hall–Kier alpha value is -3.34. The summed E-state index contributed by atoms with van der Waals surface area (Å²) in [5.74, 6) is -0.0573. The first kappa shape index (κ1) is 15.0. The highest BCUT2D eigenvalue weighted by Gasteiger charge is 2.25. The number of fused-ring (bicyclic) bond motifs is 4. The number of rotatable bonds is 2. The molecule has 0 N–H and O–H groups in total. The zero-order valence-corrected chi connectivity index (χ0v) is 14.1. The lowest BCUT2D eigenvalue weighted by atomic mass is 10.2. The van der Waals surface area contributed by atoms with Gasteiger partial charge in [0.25, 0.3) is 5.56 Å². The second-order valence-corrected chi connectivity index (χ2v) is 6.57. The van der Waals surface area contributed by atoms with Crippen LogP contribution in [0.5, 0.6) is 0 Å². The molecule has 3 heterocycles. The Morgan fingerprint density at radius 2 is 1.62 bits per heavy atom. The van der Waals surface area contributed by atoms with Crippen LogP contribution < -0.4 is 10.5 Å². The van der Waals surface area contributed by atoms with Gasteiger partial charge in [-0.05, 0) is 42.3 Å². The van der Waals surface area contributed by atoms with Crippen molar-refractivity contribution in [2.75, 3.05) is 11.4 Å². The van der Waals surface area contributed by atoms with Crippen LogP contribution in [0.15, 0.2) is 71.7 Å². The topological polar surface area (TPSA) is 46.7 Å². The molecule has 1 aliphatic heterocycles. The molecule has 4 aromatic rings. The third-order valence-corrected chi connectivity index (χ3v) is 5.13. The zero-order valence-electron chi connectivity index (χ0n) is 14.1. The largest absolute Gasteiger partial charge is 0.310 e. The minimum absolute atomic E-state index is 0.0371. The summed E-state index contributed by atoms with van der Waals surface area (Å²) >= 11 is 0. The fourth-order valence-electron chi connectivity index (χ4n) is 3.88. The number of carbonyl (C=O) groups is 1. The van der Waals surface area contributed by atoms with Crippen LogP contribution in [0.2, 0.25) is 0 Å². The molecule has 128 valence electrons. The summed E-state index contributed by atoms with van der Waals surface area (Å²) in [5.41, 5.74) is 4.26. The molecule has 0 fully saturated rings. The van der Waals surface area contributed by atoms with Gasteiger partial charge < -0.3 is 9.30 Å². The second-order valence-electron chi connectivity index (χ2n) is 6.57. The molecule has 5 heteroatoms. The van der Waals surface area contributed by atoms with Gasteiger partial charge in [0.2, 0.25) is 5.91 Å². The lowest BCUT2D eigenvalue weighted by Gasteiger charge is -2.19. The van der Waals surface area contributed by atoms with E-state index in [2.05, 4.69) is 6.07 Å². The summed E-state index contributed by atoms with van der Waals surface area (Å²) in [5, 5.41) is 0. The number of aromatic nitrogens is 2. The highest BCUT2D eigenvalue weighted by molar-refractivity contribution is 5.96. The summed E-state index contributed by atoms with van der Waals surface area (Å²) in [6.07, 6.45) is 2.73. The lowest BCUT2D eigenvalue weighted by Crippen LogP contribution is -2.36. The first-order valence-corrected chi connectivity index (χ1v) is 8.71. The van der Waals surface area contributed by atoms with Crippen molar-refractivity contribution in [1.82, 2.24) is 8.97 Å². The van der Waals surface area contributed by atoms with E-state index in [1.54, 1.807) is 15.5 Å². The SMILES string of the molecule is O=C(Cn1c(=O)c2cccn2c2ccccc21)N1CCc2ccccc21. The lowest BCUT2D eigenvalue weighted by molar-refractivity contribution is -0.119. The minimum atomic E-state index is -0.144. The van der Waals surface area contributed by atoms with E-state index in [9.17, 15) is 9.59 Å². The highest BCUT2D eigenvalue weighted by atomic mass is 16.2. The number of nitrogens with zero attached hydrogens (tertiary/aromatic N) is 3. The first-order chi connectivity index (χ1) is 12.7. The summed E-state index contributed by atoms with van der Waals surface area (Å²) in [7, 11) is 0. The van der Waals surface area contributed by atoms with E-state index in [1.165, 1.54) is 5.56 Å².